The number of hydrogen-bond acceptors (Lipinski definition) is 2. The Morgan fingerprint density at radius 3 is 1.75 bits per heavy atom. The van der Waals surface area contributed by atoms with E-state index < -0.39 is 0 Å². The van der Waals surface area contributed by atoms with Crippen LogP contribution < -0.4 is 0 Å². The minimum absolute atomic E-state index is 0.366. The van der Waals surface area contributed by atoms with E-state index in [1.165, 1.54) is 0 Å². The van der Waals surface area contributed by atoms with E-state index in [2.05, 4.69) is 25.8 Å². The van der Waals surface area contributed by atoms with Crippen molar-refractivity contribution < 1.29 is 8.78 Å². The molecule has 0 aromatic rings. The molecule has 3 atom stereocenters. The summed E-state index contributed by atoms with van der Waals surface area (Å²) in [5, 5.41) is 0. The number of alkyl halides is 2. The second-order valence-electron chi connectivity index (χ2n) is 4.93. The second kappa shape index (κ2) is 13.7. The Morgan fingerprint density at radius 2 is 1.45 bits per heavy atom. The van der Waals surface area contributed by atoms with E-state index in [0.29, 0.717) is 31.1 Å². The van der Waals surface area contributed by atoms with Crippen LogP contribution in [0.15, 0.2) is 0 Å². The van der Waals surface area contributed by atoms with Crippen LogP contribution in [0.1, 0.15) is 48.0 Å². The minimum Gasteiger partial charge on any atom is -0.301 e. The molecule has 1 fully saturated rings. The average Bonchev–Trinajstić information content (AvgIpc) is 2.71. The van der Waals surface area contributed by atoms with Crippen molar-refractivity contribution >= 4 is 0 Å². The normalized spacial score (nSPS) is 25.8. The smallest absolute Gasteiger partial charge is 0.102 e. The highest BCUT2D eigenvalue weighted by atomic mass is 19.1. The lowest BCUT2D eigenvalue weighted by atomic mass is 9.99. The molecule has 1 rings (SSSR count). The van der Waals surface area contributed by atoms with Gasteiger partial charge in [-0.1, -0.05) is 27.7 Å². The van der Waals surface area contributed by atoms with Gasteiger partial charge in [0.2, 0.25) is 0 Å². The van der Waals surface area contributed by atoms with Crippen molar-refractivity contribution in [2.24, 2.45) is 5.92 Å². The van der Waals surface area contributed by atoms with E-state index in [0.717, 1.165) is 13.0 Å². The number of likely N-dealkylation sites (tertiary alicyclic amines) is 1. The zero-order valence-corrected chi connectivity index (χ0v) is 14.6. The molecule has 0 aromatic heterocycles. The Morgan fingerprint density at radius 1 is 1.00 bits per heavy atom. The Labute approximate surface area is 125 Å². The van der Waals surface area contributed by atoms with E-state index in [1.807, 2.05) is 32.6 Å². The van der Waals surface area contributed by atoms with Crippen molar-refractivity contribution in [3.63, 3.8) is 0 Å². The molecule has 20 heavy (non-hydrogen) atoms. The first-order chi connectivity index (χ1) is 9.60. The van der Waals surface area contributed by atoms with Crippen LogP contribution in [-0.4, -0.2) is 61.9 Å². The van der Waals surface area contributed by atoms with Crippen molar-refractivity contribution in [1.82, 2.24) is 9.80 Å². The molecule has 1 saturated heterocycles. The largest absolute Gasteiger partial charge is 0.301 e. The highest BCUT2D eigenvalue weighted by molar-refractivity contribution is 4.88. The molecule has 0 amide bonds. The Bertz CT molecular complexity index is 197. The molecule has 0 bridgehead atoms. The first kappa shape index (κ1) is 22.1. The van der Waals surface area contributed by atoms with Gasteiger partial charge in [0.25, 0.3) is 0 Å². The van der Waals surface area contributed by atoms with Gasteiger partial charge in [-0.25, -0.2) is 8.78 Å². The zero-order valence-electron chi connectivity index (χ0n) is 14.6. The molecule has 0 aromatic carbocycles. The first-order valence-corrected chi connectivity index (χ1v) is 8.16. The Balaban J connectivity index is 0. The lowest BCUT2D eigenvalue weighted by Gasteiger charge is -2.27. The summed E-state index contributed by atoms with van der Waals surface area (Å²) in [7, 11) is 2.13. The summed E-state index contributed by atoms with van der Waals surface area (Å²) in [6, 6.07) is 1.09. The van der Waals surface area contributed by atoms with Crippen LogP contribution in [0.2, 0.25) is 0 Å². The molecule has 4 heteroatoms. The molecule has 0 saturated carbocycles. The van der Waals surface area contributed by atoms with E-state index in [-0.39, 0.29) is 13.3 Å². The SMILES string of the molecule is CC.CC.CC1CC(CN(CCF)CCF)[C@@H](C)N1C. The van der Waals surface area contributed by atoms with Crippen LogP contribution in [0, 0.1) is 5.92 Å². The standard InChI is InChI=1S/C12H24F2N2.2C2H6/c1-10-8-12(11(2)15(10)3)9-16(6-4-13)7-5-14;2*1-2/h10-12H,4-9H2,1-3H3;2*1-2H3/t10?,11-,12?;;/m1../s1. The fraction of sp³-hybridized carbons (Fsp3) is 1.00. The van der Waals surface area contributed by atoms with Gasteiger partial charge in [-0.15, -0.1) is 0 Å². The van der Waals surface area contributed by atoms with Crippen LogP contribution in [0.25, 0.3) is 0 Å². The first-order valence-electron chi connectivity index (χ1n) is 8.16. The van der Waals surface area contributed by atoms with Crippen molar-refractivity contribution in [1.29, 1.82) is 0 Å². The molecular formula is C16H36F2N2. The predicted molar refractivity (Wildman–Crippen MR) is 85.9 cm³/mol. The van der Waals surface area contributed by atoms with Crippen LogP contribution in [-0.2, 0) is 0 Å². The summed E-state index contributed by atoms with van der Waals surface area (Å²) in [4.78, 5) is 4.26. The van der Waals surface area contributed by atoms with Crippen LogP contribution in [0.3, 0.4) is 0 Å². The van der Waals surface area contributed by atoms with E-state index in [4.69, 9.17) is 0 Å². The van der Waals surface area contributed by atoms with Gasteiger partial charge in [0, 0.05) is 31.7 Å². The quantitative estimate of drug-likeness (QED) is 0.730. The van der Waals surface area contributed by atoms with Gasteiger partial charge < -0.3 is 4.90 Å². The fourth-order valence-electron chi connectivity index (χ4n) is 2.63. The molecular weight excluding hydrogens is 258 g/mol. The summed E-state index contributed by atoms with van der Waals surface area (Å²) in [5.74, 6) is 0.540. The van der Waals surface area contributed by atoms with Crippen molar-refractivity contribution in [3.05, 3.63) is 0 Å². The van der Waals surface area contributed by atoms with Gasteiger partial charge in [-0.3, -0.25) is 4.90 Å². The number of nitrogens with zero attached hydrogens (tertiary/aromatic N) is 2. The van der Waals surface area contributed by atoms with E-state index >= 15 is 0 Å². The van der Waals surface area contributed by atoms with Crippen molar-refractivity contribution in [2.75, 3.05) is 40.0 Å². The summed E-state index contributed by atoms with van der Waals surface area (Å²) in [5.41, 5.74) is 0. The summed E-state index contributed by atoms with van der Waals surface area (Å²) < 4.78 is 24.6. The number of rotatable bonds is 6. The van der Waals surface area contributed by atoms with Crippen LogP contribution >= 0.6 is 0 Å². The third-order valence-corrected chi connectivity index (χ3v) is 3.96. The summed E-state index contributed by atoms with van der Waals surface area (Å²) >= 11 is 0. The highest BCUT2D eigenvalue weighted by Gasteiger charge is 2.34. The molecule has 0 aliphatic carbocycles. The third kappa shape index (κ3) is 7.53. The summed E-state index contributed by atoms with van der Waals surface area (Å²) in [6.07, 6.45) is 1.13. The van der Waals surface area contributed by atoms with Gasteiger partial charge in [0.1, 0.15) is 13.3 Å². The van der Waals surface area contributed by atoms with E-state index in [9.17, 15) is 8.78 Å². The van der Waals surface area contributed by atoms with Gasteiger partial charge in [0.15, 0.2) is 0 Å². The zero-order chi connectivity index (χ0) is 16.1. The molecule has 1 aliphatic rings. The number of hydrogen-bond donors (Lipinski definition) is 0. The van der Waals surface area contributed by atoms with Crippen molar-refractivity contribution in [2.45, 2.75) is 60.0 Å². The average molecular weight is 294 g/mol. The maximum absolute atomic E-state index is 12.3. The van der Waals surface area contributed by atoms with Gasteiger partial charge >= 0.3 is 0 Å². The van der Waals surface area contributed by atoms with E-state index in [1.54, 1.807) is 0 Å². The topological polar surface area (TPSA) is 6.48 Å². The van der Waals surface area contributed by atoms with Gasteiger partial charge in [0.05, 0.1) is 0 Å². The Hall–Kier alpha value is -0.220. The van der Waals surface area contributed by atoms with Crippen molar-refractivity contribution in [3.8, 4) is 0 Å². The summed E-state index contributed by atoms with van der Waals surface area (Å²) in [6.45, 7) is 13.2. The predicted octanol–water partition coefficient (Wildman–Crippen LogP) is 4.01. The molecule has 124 valence electrons. The second-order valence-corrected chi connectivity index (χ2v) is 4.93. The lowest BCUT2D eigenvalue weighted by Crippen LogP contribution is -2.37. The lowest BCUT2D eigenvalue weighted by molar-refractivity contribution is 0.175. The van der Waals surface area contributed by atoms with Crippen LogP contribution in [0.5, 0.6) is 0 Å². The van der Waals surface area contributed by atoms with Gasteiger partial charge in [-0.05, 0) is 33.2 Å². The molecule has 2 unspecified atom stereocenters. The monoisotopic (exact) mass is 294 g/mol. The Kier molecular flexibility index (Phi) is 15.2. The minimum atomic E-state index is -0.382. The molecule has 0 radical (unpaired) electrons. The third-order valence-electron chi connectivity index (χ3n) is 3.96. The molecule has 2 nitrogen and oxygen atoms in total. The van der Waals surface area contributed by atoms with Crippen LogP contribution in [0.4, 0.5) is 8.78 Å². The molecule has 0 N–H and O–H groups in total. The molecule has 0 spiro atoms. The number of halogens is 2. The molecule has 1 heterocycles. The fourth-order valence-corrected chi connectivity index (χ4v) is 2.63. The molecule has 1 aliphatic heterocycles. The maximum Gasteiger partial charge on any atom is 0.102 e. The highest BCUT2D eigenvalue weighted by Crippen LogP contribution is 2.28. The van der Waals surface area contributed by atoms with Gasteiger partial charge in [-0.2, -0.15) is 0 Å². The maximum atomic E-state index is 12.3.